The van der Waals surface area contributed by atoms with Crippen LogP contribution < -0.4 is 10.1 Å². The average molecular weight is 363 g/mol. The van der Waals surface area contributed by atoms with Crippen molar-refractivity contribution >= 4 is 33.2 Å². The van der Waals surface area contributed by atoms with E-state index in [1.54, 1.807) is 30.3 Å². The molecule has 0 unspecified atom stereocenters. The molecule has 2 aromatic rings. The third-order valence-corrected chi connectivity index (χ3v) is 4.01. The highest BCUT2D eigenvalue weighted by molar-refractivity contribution is 9.10. The quantitative estimate of drug-likeness (QED) is 0.777. The Hall–Kier alpha value is -1.33. The van der Waals surface area contributed by atoms with E-state index in [0.717, 1.165) is 10.2 Å². The van der Waals surface area contributed by atoms with Gasteiger partial charge in [-0.05, 0) is 34.1 Å². The fourth-order valence-corrected chi connectivity index (χ4v) is 2.27. The maximum absolute atomic E-state index is 12.3. The second-order valence-corrected chi connectivity index (χ2v) is 5.14. The zero-order valence-corrected chi connectivity index (χ0v) is 12.6. The second kappa shape index (κ2) is 6.90. The summed E-state index contributed by atoms with van der Waals surface area (Å²) in [5.41, 5.74) is 1.42. The summed E-state index contributed by atoms with van der Waals surface area (Å²) in [6.07, 6.45) is 0. The predicted octanol–water partition coefficient (Wildman–Crippen LogP) is 5.32. The number of rotatable bonds is 5. The van der Waals surface area contributed by atoms with Crippen molar-refractivity contribution in [2.45, 2.75) is 13.2 Å². The summed E-state index contributed by atoms with van der Waals surface area (Å²) < 4.78 is 29.8. The molecule has 0 aliphatic rings. The molecule has 0 amide bonds. The average Bonchev–Trinajstić information content (AvgIpc) is 2.41. The van der Waals surface area contributed by atoms with Crippen LogP contribution in [0, 0.1) is 0 Å². The van der Waals surface area contributed by atoms with E-state index in [1.807, 2.05) is 6.07 Å². The van der Waals surface area contributed by atoms with Crippen LogP contribution in [0.15, 0.2) is 46.9 Å². The largest absolute Gasteiger partial charge is 0.434 e. The van der Waals surface area contributed by atoms with Crippen molar-refractivity contribution in [3.8, 4) is 5.75 Å². The summed E-state index contributed by atoms with van der Waals surface area (Å²) in [6.45, 7) is -2.49. The van der Waals surface area contributed by atoms with Crippen LogP contribution in [0.3, 0.4) is 0 Å². The summed E-state index contributed by atoms with van der Waals surface area (Å²) in [4.78, 5) is 0. The zero-order valence-electron chi connectivity index (χ0n) is 10.2. The van der Waals surface area contributed by atoms with Crippen LogP contribution in [0.4, 0.5) is 14.5 Å². The van der Waals surface area contributed by atoms with Gasteiger partial charge in [0.15, 0.2) is 0 Å². The van der Waals surface area contributed by atoms with Gasteiger partial charge in [0.2, 0.25) is 0 Å². The molecule has 0 saturated heterocycles. The topological polar surface area (TPSA) is 21.3 Å². The van der Waals surface area contributed by atoms with Crippen LogP contribution in [0.5, 0.6) is 5.75 Å². The minimum atomic E-state index is -2.84. The highest BCUT2D eigenvalue weighted by Gasteiger charge is 2.09. The van der Waals surface area contributed by atoms with Crippen molar-refractivity contribution in [3.63, 3.8) is 0 Å². The number of anilines is 1. The molecule has 20 heavy (non-hydrogen) atoms. The summed E-state index contributed by atoms with van der Waals surface area (Å²) in [5, 5.41) is 3.70. The fraction of sp³-hybridized carbons (Fsp3) is 0.143. The molecule has 0 heterocycles. The predicted molar refractivity (Wildman–Crippen MR) is 79.6 cm³/mol. The third kappa shape index (κ3) is 3.84. The summed E-state index contributed by atoms with van der Waals surface area (Å²) >= 11 is 9.35. The standard InChI is InChI=1S/C14H11BrClF2NO/c15-13-10(16)5-3-6-11(13)19-8-9-4-1-2-7-12(9)20-14(17)18/h1-7,14,19H,8H2. The van der Waals surface area contributed by atoms with Crippen molar-refractivity contribution in [1.82, 2.24) is 0 Å². The normalized spacial score (nSPS) is 10.7. The smallest absolute Gasteiger partial charge is 0.387 e. The van der Waals surface area contributed by atoms with Gasteiger partial charge in [0, 0.05) is 12.1 Å². The Bertz CT molecular complexity index is 595. The molecule has 106 valence electrons. The molecule has 0 bridgehead atoms. The van der Waals surface area contributed by atoms with E-state index in [4.69, 9.17) is 11.6 Å². The molecule has 6 heteroatoms. The van der Waals surface area contributed by atoms with Gasteiger partial charge in [0.25, 0.3) is 0 Å². The molecule has 2 rings (SSSR count). The van der Waals surface area contributed by atoms with Crippen LogP contribution in [0.1, 0.15) is 5.56 Å². The lowest BCUT2D eigenvalue weighted by Gasteiger charge is -2.13. The molecule has 1 N–H and O–H groups in total. The van der Waals surface area contributed by atoms with Gasteiger partial charge < -0.3 is 10.1 Å². The van der Waals surface area contributed by atoms with Gasteiger partial charge in [0.05, 0.1) is 15.2 Å². The van der Waals surface area contributed by atoms with Crippen LogP contribution in [-0.2, 0) is 6.54 Å². The molecule has 0 aromatic heterocycles. The maximum atomic E-state index is 12.3. The van der Waals surface area contributed by atoms with E-state index in [9.17, 15) is 8.78 Å². The Balaban J connectivity index is 2.13. The van der Waals surface area contributed by atoms with Gasteiger partial charge in [-0.25, -0.2) is 0 Å². The Morgan fingerprint density at radius 1 is 1.15 bits per heavy atom. The van der Waals surface area contributed by atoms with E-state index in [-0.39, 0.29) is 5.75 Å². The van der Waals surface area contributed by atoms with Crippen LogP contribution >= 0.6 is 27.5 Å². The second-order valence-electron chi connectivity index (χ2n) is 3.94. The summed E-state index contributed by atoms with van der Waals surface area (Å²) in [7, 11) is 0. The molecule has 0 aliphatic heterocycles. The third-order valence-electron chi connectivity index (χ3n) is 2.61. The molecule has 0 atom stereocenters. The summed E-state index contributed by atoms with van der Waals surface area (Å²) in [6, 6.07) is 12.0. The Labute approximate surface area is 128 Å². The van der Waals surface area contributed by atoms with E-state index in [1.165, 1.54) is 6.07 Å². The van der Waals surface area contributed by atoms with Gasteiger partial charge in [0.1, 0.15) is 5.75 Å². The number of alkyl halides is 2. The number of hydrogen-bond acceptors (Lipinski definition) is 2. The van der Waals surface area contributed by atoms with Gasteiger partial charge in [-0.3, -0.25) is 0 Å². The van der Waals surface area contributed by atoms with Gasteiger partial charge in [-0.2, -0.15) is 8.78 Å². The minimum absolute atomic E-state index is 0.160. The van der Waals surface area contributed by atoms with Crippen molar-refractivity contribution in [3.05, 3.63) is 57.5 Å². The Morgan fingerprint density at radius 2 is 1.90 bits per heavy atom. The number of halogens is 4. The van der Waals surface area contributed by atoms with Crippen molar-refractivity contribution in [1.29, 1.82) is 0 Å². The van der Waals surface area contributed by atoms with Crippen molar-refractivity contribution < 1.29 is 13.5 Å². The summed E-state index contributed by atoms with van der Waals surface area (Å²) in [5.74, 6) is 0.160. The molecule has 2 nitrogen and oxygen atoms in total. The molecular weight excluding hydrogens is 352 g/mol. The lowest BCUT2D eigenvalue weighted by atomic mass is 10.2. The van der Waals surface area contributed by atoms with Gasteiger partial charge >= 0.3 is 6.61 Å². The molecular formula is C14H11BrClF2NO. The fourth-order valence-electron chi connectivity index (χ4n) is 1.69. The molecule has 0 fully saturated rings. The van der Waals surface area contributed by atoms with E-state index >= 15 is 0 Å². The first-order valence-electron chi connectivity index (χ1n) is 5.78. The van der Waals surface area contributed by atoms with Gasteiger partial charge in [-0.15, -0.1) is 0 Å². The number of benzene rings is 2. The maximum Gasteiger partial charge on any atom is 0.387 e. The van der Waals surface area contributed by atoms with E-state index in [2.05, 4.69) is 26.0 Å². The van der Waals surface area contributed by atoms with Gasteiger partial charge in [-0.1, -0.05) is 35.9 Å². The Kier molecular flexibility index (Phi) is 5.20. The highest BCUT2D eigenvalue weighted by Crippen LogP contribution is 2.31. The molecule has 2 aromatic carbocycles. The number of para-hydroxylation sites is 1. The lowest BCUT2D eigenvalue weighted by molar-refractivity contribution is -0.0504. The zero-order chi connectivity index (χ0) is 14.5. The minimum Gasteiger partial charge on any atom is -0.434 e. The SMILES string of the molecule is FC(F)Oc1ccccc1CNc1cccc(Cl)c1Br. The lowest BCUT2D eigenvalue weighted by Crippen LogP contribution is -2.07. The van der Waals surface area contributed by atoms with E-state index < -0.39 is 6.61 Å². The van der Waals surface area contributed by atoms with Crippen LogP contribution in [0.25, 0.3) is 0 Å². The van der Waals surface area contributed by atoms with Crippen LogP contribution in [-0.4, -0.2) is 6.61 Å². The first-order chi connectivity index (χ1) is 9.58. The molecule has 0 saturated carbocycles. The van der Waals surface area contributed by atoms with E-state index in [0.29, 0.717) is 17.1 Å². The monoisotopic (exact) mass is 361 g/mol. The number of nitrogens with one attached hydrogen (secondary N) is 1. The first kappa shape index (κ1) is 15.1. The molecule has 0 spiro atoms. The van der Waals surface area contributed by atoms with Crippen molar-refractivity contribution in [2.24, 2.45) is 0 Å². The van der Waals surface area contributed by atoms with Crippen LogP contribution in [0.2, 0.25) is 5.02 Å². The Morgan fingerprint density at radius 3 is 2.65 bits per heavy atom. The molecule has 0 aliphatic carbocycles. The number of hydrogen-bond donors (Lipinski definition) is 1. The molecule has 0 radical (unpaired) electrons. The number of ether oxygens (including phenoxy) is 1. The highest BCUT2D eigenvalue weighted by atomic mass is 79.9. The van der Waals surface area contributed by atoms with Crippen molar-refractivity contribution in [2.75, 3.05) is 5.32 Å². The first-order valence-corrected chi connectivity index (χ1v) is 6.95.